The zero-order valence-corrected chi connectivity index (χ0v) is 9.76. The van der Waals surface area contributed by atoms with E-state index in [2.05, 4.69) is 13.8 Å². The highest BCUT2D eigenvalue weighted by Gasteiger charge is 2.45. The zero-order valence-electron chi connectivity index (χ0n) is 9.76. The number of rotatable bonds is 4. The van der Waals surface area contributed by atoms with E-state index in [0.717, 1.165) is 11.8 Å². The van der Waals surface area contributed by atoms with E-state index in [0.29, 0.717) is 11.5 Å². The van der Waals surface area contributed by atoms with E-state index in [1.54, 1.807) is 0 Å². The minimum Gasteiger partial charge on any atom is -0.327 e. The Labute approximate surface area is 88.4 Å². The minimum atomic E-state index is 0.521. The molecule has 0 aromatic heterocycles. The molecule has 2 rings (SSSR count). The molecule has 2 aliphatic rings. The van der Waals surface area contributed by atoms with Gasteiger partial charge in [-0.1, -0.05) is 26.7 Å². The second-order valence-corrected chi connectivity index (χ2v) is 6.03. The first-order valence-electron chi connectivity index (χ1n) is 6.40. The predicted octanol–water partition coefficient (Wildman–Crippen LogP) is 3.33. The van der Waals surface area contributed by atoms with E-state index in [1.807, 2.05) is 0 Å². The first-order chi connectivity index (χ1) is 6.64. The van der Waals surface area contributed by atoms with Crippen LogP contribution in [-0.4, -0.2) is 6.04 Å². The fourth-order valence-corrected chi connectivity index (χ4v) is 3.52. The van der Waals surface area contributed by atoms with Crippen molar-refractivity contribution in [2.45, 2.75) is 64.8 Å². The maximum Gasteiger partial charge on any atom is 0.0124 e. The molecule has 1 heteroatoms. The van der Waals surface area contributed by atoms with Crippen molar-refractivity contribution >= 4 is 0 Å². The Hall–Kier alpha value is -0.0400. The van der Waals surface area contributed by atoms with Crippen LogP contribution in [0.15, 0.2) is 0 Å². The van der Waals surface area contributed by atoms with E-state index >= 15 is 0 Å². The number of hydrogen-bond donors (Lipinski definition) is 1. The highest BCUT2D eigenvalue weighted by Crippen LogP contribution is 2.51. The highest BCUT2D eigenvalue weighted by molar-refractivity contribution is 5.00. The second kappa shape index (κ2) is 3.84. The lowest BCUT2D eigenvalue weighted by Gasteiger charge is -2.37. The van der Waals surface area contributed by atoms with Crippen LogP contribution in [0.2, 0.25) is 0 Å². The Balaban J connectivity index is 2.03. The van der Waals surface area contributed by atoms with Crippen molar-refractivity contribution < 1.29 is 0 Å². The SMILES string of the molecule is CC(C)CC1(C(N)C2CC2)CCCC1. The molecule has 0 heterocycles. The largest absolute Gasteiger partial charge is 0.327 e. The van der Waals surface area contributed by atoms with E-state index in [-0.39, 0.29) is 0 Å². The Morgan fingerprint density at radius 2 is 1.79 bits per heavy atom. The fraction of sp³-hybridized carbons (Fsp3) is 1.00. The van der Waals surface area contributed by atoms with Gasteiger partial charge in [-0.3, -0.25) is 0 Å². The third kappa shape index (κ3) is 1.98. The van der Waals surface area contributed by atoms with Gasteiger partial charge in [-0.15, -0.1) is 0 Å². The van der Waals surface area contributed by atoms with Gasteiger partial charge in [0.1, 0.15) is 0 Å². The summed E-state index contributed by atoms with van der Waals surface area (Å²) in [4.78, 5) is 0. The van der Waals surface area contributed by atoms with Crippen molar-refractivity contribution in [3.8, 4) is 0 Å². The van der Waals surface area contributed by atoms with Gasteiger partial charge in [0.05, 0.1) is 0 Å². The summed E-state index contributed by atoms with van der Waals surface area (Å²) in [6, 6.07) is 0.521. The summed E-state index contributed by atoms with van der Waals surface area (Å²) in [6.45, 7) is 4.69. The van der Waals surface area contributed by atoms with Gasteiger partial charge in [0, 0.05) is 6.04 Å². The lowest BCUT2D eigenvalue weighted by molar-refractivity contribution is 0.167. The lowest BCUT2D eigenvalue weighted by Crippen LogP contribution is -2.42. The smallest absolute Gasteiger partial charge is 0.0124 e. The maximum atomic E-state index is 6.47. The Morgan fingerprint density at radius 3 is 2.21 bits per heavy atom. The molecule has 0 aliphatic heterocycles. The second-order valence-electron chi connectivity index (χ2n) is 6.03. The fourth-order valence-electron chi connectivity index (χ4n) is 3.52. The van der Waals surface area contributed by atoms with Crippen LogP contribution in [-0.2, 0) is 0 Å². The van der Waals surface area contributed by atoms with Crippen molar-refractivity contribution in [3.63, 3.8) is 0 Å². The van der Waals surface area contributed by atoms with Gasteiger partial charge in [-0.05, 0) is 49.4 Å². The molecule has 1 nitrogen and oxygen atoms in total. The molecule has 2 saturated carbocycles. The van der Waals surface area contributed by atoms with Crippen LogP contribution in [0.5, 0.6) is 0 Å². The zero-order chi connectivity index (χ0) is 10.2. The summed E-state index contributed by atoms with van der Waals surface area (Å²) < 4.78 is 0. The van der Waals surface area contributed by atoms with Crippen LogP contribution < -0.4 is 5.73 Å². The quantitative estimate of drug-likeness (QED) is 0.731. The van der Waals surface area contributed by atoms with Gasteiger partial charge in [-0.2, -0.15) is 0 Å². The van der Waals surface area contributed by atoms with Crippen LogP contribution in [0.1, 0.15) is 58.8 Å². The minimum absolute atomic E-state index is 0.521. The van der Waals surface area contributed by atoms with Gasteiger partial charge in [0.15, 0.2) is 0 Å². The molecule has 0 spiro atoms. The monoisotopic (exact) mass is 195 g/mol. The molecule has 0 radical (unpaired) electrons. The van der Waals surface area contributed by atoms with Crippen molar-refractivity contribution in [1.29, 1.82) is 0 Å². The topological polar surface area (TPSA) is 26.0 Å². The van der Waals surface area contributed by atoms with Crippen LogP contribution >= 0.6 is 0 Å². The van der Waals surface area contributed by atoms with E-state index in [1.165, 1.54) is 44.9 Å². The third-order valence-electron chi connectivity index (χ3n) is 4.25. The molecule has 82 valence electrons. The average molecular weight is 195 g/mol. The summed E-state index contributed by atoms with van der Waals surface area (Å²) in [7, 11) is 0. The molecule has 0 aromatic carbocycles. The Bertz CT molecular complexity index is 187. The molecule has 14 heavy (non-hydrogen) atoms. The van der Waals surface area contributed by atoms with Gasteiger partial charge >= 0.3 is 0 Å². The average Bonchev–Trinajstić information content (AvgIpc) is 2.86. The summed E-state index contributed by atoms with van der Waals surface area (Å²) >= 11 is 0. The van der Waals surface area contributed by atoms with Crippen LogP contribution in [0.3, 0.4) is 0 Å². The highest BCUT2D eigenvalue weighted by atomic mass is 14.7. The predicted molar refractivity (Wildman–Crippen MR) is 61.1 cm³/mol. The molecule has 2 N–H and O–H groups in total. The van der Waals surface area contributed by atoms with E-state index < -0.39 is 0 Å². The van der Waals surface area contributed by atoms with Crippen molar-refractivity contribution in [2.24, 2.45) is 23.0 Å². The van der Waals surface area contributed by atoms with Crippen molar-refractivity contribution in [2.75, 3.05) is 0 Å². The first-order valence-corrected chi connectivity index (χ1v) is 6.40. The molecule has 1 atom stereocenters. The normalized spacial score (nSPS) is 28.3. The van der Waals surface area contributed by atoms with E-state index in [4.69, 9.17) is 5.73 Å². The molecule has 0 saturated heterocycles. The van der Waals surface area contributed by atoms with Crippen molar-refractivity contribution in [1.82, 2.24) is 0 Å². The van der Waals surface area contributed by atoms with Gasteiger partial charge in [-0.25, -0.2) is 0 Å². The van der Waals surface area contributed by atoms with Gasteiger partial charge in [0.2, 0.25) is 0 Å². The van der Waals surface area contributed by atoms with Gasteiger partial charge in [0.25, 0.3) is 0 Å². The Morgan fingerprint density at radius 1 is 1.21 bits per heavy atom. The third-order valence-corrected chi connectivity index (χ3v) is 4.25. The van der Waals surface area contributed by atoms with Gasteiger partial charge < -0.3 is 5.73 Å². The van der Waals surface area contributed by atoms with Crippen LogP contribution in [0, 0.1) is 17.3 Å². The number of nitrogens with two attached hydrogens (primary N) is 1. The molecule has 0 amide bonds. The molecule has 2 fully saturated rings. The lowest BCUT2D eigenvalue weighted by atomic mass is 9.71. The molecule has 0 aromatic rings. The van der Waals surface area contributed by atoms with E-state index in [9.17, 15) is 0 Å². The van der Waals surface area contributed by atoms with Crippen LogP contribution in [0.4, 0.5) is 0 Å². The molecule has 0 bridgehead atoms. The maximum absolute atomic E-state index is 6.47. The van der Waals surface area contributed by atoms with Crippen molar-refractivity contribution in [3.05, 3.63) is 0 Å². The summed E-state index contributed by atoms with van der Waals surface area (Å²) in [6.07, 6.45) is 9.83. The molecule has 2 aliphatic carbocycles. The molecular weight excluding hydrogens is 170 g/mol. The van der Waals surface area contributed by atoms with Crippen LogP contribution in [0.25, 0.3) is 0 Å². The molecule has 1 unspecified atom stereocenters. The standard InChI is InChI=1S/C13H25N/c1-10(2)9-13(7-3-4-8-13)12(14)11-5-6-11/h10-12H,3-9,14H2,1-2H3. The summed E-state index contributed by atoms with van der Waals surface area (Å²) in [5.41, 5.74) is 7.00. The number of hydrogen-bond acceptors (Lipinski definition) is 1. The summed E-state index contributed by atoms with van der Waals surface area (Å²) in [5.74, 6) is 1.70. The molecular formula is C13H25N. The first kappa shape index (κ1) is 10.5. The Kier molecular flexibility index (Phi) is 2.88. The summed E-state index contributed by atoms with van der Waals surface area (Å²) in [5, 5.41) is 0.